The summed E-state index contributed by atoms with van der Waals surface area (Å²) < 4.78 is 0. The van der Waals surface area contributed by atoms with Crippen LogP contribution in [0.25, 0.3) is 0 Å². The molecule has 4 aliphatic rings. The van der Waals surface area contributed by atoms with E-state index >= 15 is 0 Å². The Morgan fingerprint density at radius 2 is 1.53 bits per heavy atom. The normalized spacial score (nSPS) is 47.8. The molecular weight excluding hydrogens is 230 g/mol. The van der Waals surface area contributed by atoms with Gasteiger partial charge in [-0.25, -0.2) is 0 Å². The van der Waals surface area contributed by atoms with Crippen LogP contribution < -0.4 is 5.73 Å². The molecule has 4 fully saturated rings. The number of nitrogens with two attached hydrogens (primary N) is 1. The van der Waals surface area contributed by atoms with Gasteiger partial charge >= 0.3 is 0 Å². The van der Waals surface area contributed by atoms with Crippen LogP contribution in [-0.2, 0) is 0 Å². The SMILES string of the molecule is CCCCCC12CC3CC(N)(CC(CCC)(C3)C1)C2. The van der Waals surface area contributed by atoms with Crippen LogP contribution in [0.3, 0.4) is 0 Å². The molecule has 4 atom stereocenters. The Balaban J connectivity index is 1.79. The summed E-state index contributed by atoms with van der Waals surface area (Å²) in [5, 5.41) is 0. The minimum atomic E-state index is 0.223. The Hall–Kier alpha value is -0.0400. The Labute approximate surface area is 119 Å². The lowest BCUT2D eigenvalue weighted by Gasteiger charge is -2.66. The fraction of sp³-hybridized carbons (Fsp3) is 1.00. The molecule has 0 aliphatic heterocycles. The van der Waals surface area contributed by atoms with Gasteiger partial charge in [0.25, 0.3) is 0 Å². The minimum Gasteiger partial charge on any atom is -0.325 e. The third-order valence-corrected chi connectivity index (χ3v) is 6.43. The molecule has 4 unspecified atom stereocenters. The number of hydrogen-bond acceptors (Lipinski definition) is 1. The van der Waals surface area contributed by atoms with Gasteiger partial charge in [-0.05, 0) is 68.1 Å². The number of rotatable bonds is 6. The van der Waals surface area contributed by atoms with Crippen LogP contribution in [0.4, 0.5) is 0 Å². The maximum absolute atomic E-state index is 6.83. The summed E-state index contributed by atoms with van der Waals surface area (Å²) >= 11 is 0. The molecule has 4 rings (SSSR count). The quantitative estimate of drug-likeness (QED) is 0.668. The van der Waals surface area contributed by atoms with Crippen molar-refractivity contribution in [2.24, 2.45) is 22.5 Å². The van der Waals surface area contributed by atoms with Crippen molar-refractivity contribution in [3.8, 4) is 0 Å². The third kappa shape index (κ3) is 2.48. The maximum atomic E-state index is 6.83. The summed E-state index contributed by atoms with van der Waals surface area (Å²) in [5.74, 6) is 0.967. The molecule has 19 heavy (non-hydrogen) atoms. The Morgan fingerprint density at radius 3 is 2.11 bits per heavy atom. The highest BCUT2D eigenvalue weighted by Crippen LogP contribution is 2.68. The molecule has 0 aromatic rings. The smallest absolute Gasteiger partial charge is 0.0167 e. The predicted octanol–water partition coefficient (Wildman–Crippen LogP) is 5.03. The van der Waals surface area contributed by atoms with E-state index < -0.39 is 0 Å². The molecule has 4 aliphatic carbocycles. The Morgan fingerprint density at radius 1 is 0.842 bits per heavy atom. The van der Waals surface area contributed by atoms with Crippen molar-refractivity contribution in [2.75, 3.05) is 0 Å². The summed E-state index contributed by atoms with van der Waals surface area (Å²) in [6.45, 7) is 4.69. The van der Waals surface area contributed by atoms with Crippen molar-refractivity contribution in [1.29, 1.82) is 0 Å². The lowest BCUT2D eigenvalue weighted by molar-refractivity contribution is -0.129. The summed E-state index contributed by atoms with van der Waals surface area (Å²) in [5.41, 5.74) is 8.35. The molecule has 2 N–H and O–H groups in total. The van der Waals surface area contributed by atoms with Crippen LogP contribution in [0.5, 0.6) is 0 Å². The lowest BCUT2D eigenvalue weighted by Crippen LogP contribution is -2.63. The fourth-order valence-electron chi connectivity index (χ4n) is 6.76. The zero-order valence-corrected chi connectivity index (χ0v) is 13.1. The molecule has 0 spiro atoms. The molecule has 0 radical (unpaired) electrons. The van der Waals surface area contributed by atoms with Gasteiger partial charge in [0.05, 0.1) is 0 Å². The summed E-state index contributed by atoms with van der Waals surface area (Å²) in [7, 11) is 0. The van der Waals surface area contributed by atoms with E-state index in [0.717, 1.165) is 5.92 Å². The highest BCUT2D eigenvalue weighted by Gasteiger charge is 2.61. The first-order chi connectivity index (χ1) is 9.03. The topological polar surface area (TPSA) is 26.0 Å². The van der Waals surface area contributed by atoms with Crippen LogP contribution >= 0.6 is 0 Å². The molecule has 0 aromatic heterocycles. The van der Waals surface area contributed by atoms with Gasteiger partial charge in [0.15, 0.2) is 0 Å². The van der Waals surface area contributed by atoms with Gasteiger partial charge in [-0.15, -0.1) is 0 Å². The Kier molecular flexibility index (Phi) is 3.48. The second-order valence-corrected chi connectivity index (χ2v) is 8.58. The van der Waals surface area contributed by atoms with E-state index in [1.54, 1.807) is 0 Å². The van der Waals surface area contributed by atoms with E-state index in [-0.39, 0.29) is 5.54 Å². The van der Waals surface area contributed by atoms with Crippen LogP contribution in [0.1, 0.15) is 90.9 Å². The van der Waals surface area contributed by atoms with E-state index in [2.05, 4.69) is 13.8 Å². The standard InChI is InChI=1S/C18H33N/c1-3-5-6-8-17-10-15-9-16(12-17,7-4-2)13-18(19,11-15)14-17/h15H,3-14,19H2,1-2H3. The van der Waals surface area contributed by atoms with Crippen molar-refractivity contribution >= 4 is 0 Å². The zero-order valence-electron chi connectivity index (χ0n) is 13.1. The van der Waals surface area contributed by atoms with Crippen molar-refractivity contribution < 1.29 is 0 Å². The van der Waals surface area contributed by atoms with E-state index in [0.29, 0.717) is 10.8 Å². The molecule has 0 aromatic carbocycles. The number of unbranched alkanes of at least 4 members (excludes halogenated alkanes) is 2. The van der Waals surface area contributed by atoms with E-state index in [9.17, 15) is 0 Å². The predicted molar refractivity (Wildman–Crippen MR) is 82.0 cm³/mol. The largest absolute Gasteiger partial charge is 0.325 e. The lowest BCUT2D eigenvalue weighted by atomic mass is 9.40. The summed E-state index contributed by atoms with van der Waals surface area (Å²) in [6, 6.07) is 0. The van der Waals surface area contributed by atoms with Crippen molar-refractivity contribution in [3.63, 3.8) is 0 Å². The molecular formula is C18H33N. The first-order valence-corrected chi connectivity index (χ1v) is 8.82. The first-order valence-electron chi connectivity index (χ1n) is 8.82. The molecule has 0 amide bonds. The van der Waals surface area contributed by atoms with Gasteiger partial charge < -0.3 is 5.73 Å². The summed E-state index contributed by atoms with van der Waals surface area (Å²) in [6.07, 6.45) is 17.1. The molecule has 1 heteroatoms. The molecule has 4 bridgehead atoms. The molecule has 0 saturated heterocycles. The van der Waals surface area contributed by atoms with E-state index in [1.807, 2.05) is 0 Å². The average molecular weight is 263 g/mol. The second-order valence-electron chi connectivity index (χ2n) is 8.58. The number of hydrogen-bond donors (Lipinski definition) is 1. The van der Waals surface area contributed by atoms with Crippen molar-refractivity contribution in [3.05, 3.63) is 0 Å². The van der Waals surface area contributed by atoms with Crippen molar-refractivity contribution in [2.45, 2.75) is 96.4 Å². The minimum absolute atomic E-state index is 0.223. The van der Waals surface area contributed by atoms with Gasteiger partial charge in [0.2, 0.25) is 0 Å². The molecule has 110 valence electrons. The van der Waals surface area contributed by atoms with E-state index in [1.165, 1.54) is 77.0 Å². The monoisotopic (exact) mass is 263 g/mol. The van der Waals surface area contributed by atoms with Gasteiger partial charge in [-0.2, -0.15) is 0 Å². The van der Waals surface area contributed by atoms with Crippen LogP contribution in [0.15, 0.2) is 0 Å². The molecule has 0 heterocycles. The molecule has 1 nitrogen and oxygen atoms in total. The average Bonchev–Trinajstić information content (AvgIpc) is 2.25. The van der Waals surface area contributed by atoms with Gasteiger partial charge in [-0.3, -0.25) is 0 Å². The highest BCUT2D eigenvalue weighted by atomic mass is 14.8. The maximum Gasteiger partial charge on any atom is 0.0167 e. The van der Waals surface area contributed by atoms with Gasteiger partial charge in [-0.1, -0.05) is 39.5 Å². The fourth-order valence-corrected chi connectivity index (χ4v) is 6.76. The van der Waals surface area contributed by atoms with Crippen molar-refractivity contribution in [1.82, 2.24) is 0 Å². The first kappa shape index (κ1) is 13.9. The van der Waals surface area contributed by atoms with Gasteiger partial charge in [0, 0.05) is 5.54 Å². The third-order valence-electron chi connectivity index (χ3n) is 6.43. The molecule has 4 saturated carbocycles. The van der Waals surface area contributed by atoms with Crippen LogP contribution in [0.2, 0.25) is 0 Å². The summed E-state index contributed by atoms with van der Waals surface area (Å²) in [4.78, 5) is 0. The zero-order chi connectivity index (χ0) is 13.6. The van der Waals surface area contributed by atoms with Crippen LogP contribution in [0, 0.1) is 16.7 Å². The van der Waals surface area contributed by atoms with E-state index in [4.69, 9.17) is 5.73 Å². The van der Waals surface area contributed by atoms with Gasteiger partial charge in [0.1, 0.15) is 0 Å². The van der Waals surface area contributed by atoms with Crippen LogP contribution in [-0.4, -0.2) is 5.54 Å². The Bertz CT molecular complexity index is 339. The second kappa shape index (κ2) is 4.76. The highest BCUT2D eigenvalue weighted by molar-refractivity contribution is 5.15.